The SMILES string of the molecule is Cc1c(C(C)NC(=O)[C@@H]2CCCN2)cnn1C.Cl. The van der Waals surface area contributed by atoms with Gasteiger partial charge in [-0.25, -0.2) is 0 Å². The Labute approximate surface area is 114 Å². The molecule has 1 amide bonds. The minimum Gasteiger partial charge on any atom is -0.348 e. The van der Waals surface area contributed by atoms with Gasteiger partial charge in [-0.1, -0.05) is 0 Å². The molecule has 0 saturated carbocycles. The number of nitrogens with one attached hydrogen (secondary N) is 2. The molecule has 2 rings (SSSR count). The Morgan fingerprint density at radius 1 is 1.67 bits per heavy atom. The van der Waals surface area contributed by atoms with Gasteiger partial charge >= 0.3 is 0 Å². The van der Waals surface area contributed by atoms with Crippen LogP contribution in [0.4, 0.5) is 0 Å². The molecule has 1 fully saturated rings. The minimum absolute atomic E-state index is 0. The summed E-state index contributed by atoms with van der Waals surface area (Å²) in [7, 11) is 1.91. The first-order chi connectivity index (χ1) is 8.09. The van der Waals surface area contributed by atoms with Crippen molar-refractivity contribution in [2.75, 3.05) is 6.54 Å². The Balaban J connectivity index is 0.00000162. The van der Waals surface area contributed by atoms with Crippen LogP contribution in [0.15, 0.2) is 6.20 Å². The van der Waals surface area contributed by atoms with Gasteiger partial charge in [0.05, 0.1) is 18.3 Å². The lowest BCUT2D eigenvalue weighted by Gasteiger charge is -2.17. The monoisotopic (exact) mass is 272 g/mol. The molecule has 0 spiro atoms. The van der Waals surface area contributed by atoms with E-state index in [2.05, 4.69) is 15.7 Å². The Morgan fingerprint density at radius 3 is 2.89 bits per heavy atom. The van der Waals surface area contributed by atoms with Gasteiger partial charge in [0, 0.05) is 18.3 Å². The molecule has 0 radical (unpaired) electrons. The number of halogens is 1. The highest BCUT2D eigenvalue weighted by atomic mass is 35.5. The molecule has 1 aliphatic heterocycles. The first kappa shape index (κ1) is 15.0. The van der Waals surface area contributed by atoms with Gasteiger partial charge in [-0.3, -0.25) is 9.48 Å². The van der Waals surface area contributed by atoms with Gasteiger partial charge in [-0.15, -0.1) is 12.4 Å². The third-order valence-corrected chi connectivity index (χ3v) is 3.48. The summed E-state index contributed by atoms with van der Waals surface area (Å²) in [6.07, 6.45) is 3.84. The highest BCUT2D eigenvalue weighted by Gasteiger charge is 2.24. The molecule has 2 N–H and O–H groups in total. The van der Waals surface area contributed by atoms with Crippen LogP contribution in [-0.4, -0.2) is 28.3 Å². The molecule has 0 bridgehead atoms. The van der Waals surface area contributed by atoms with Crippen LogP contribution in [0.5, 0.6) is 0 Å². The zero-order valence-electron chi connectivity index (χ0n) is 11.1. The summed E-state index contributed by atoms with van der Waals surface area (Å²) in [6, 6.07) is -0.00646. The third kappa shape index (κ3) is 3.03. The first-order valence-electron chi connectivity index (χ1n) is 6.12. The van der Waals surface area contributed by atoms with E-state index in [1.54, 1.807) is 0 Å². The van der Waals surface area contributed by atoms with E-state index in [1.165, 1.54) is 0 Å². The molecular weight excluding hydrogens is 252 g/mol. The Kier molecular flexibility index (Phi) is 5.16. The molecule has 1 aromatic heterocycles. The summed E-state index contributed by atoms with van der Waals surface area (Å²) in [4.78, 5) is 11.9. The van der Waals surface area contributed by atoms with Crippen molar-refractivity contribution in [1.82, 2.24) is 20.4 Å². The second-order valence-corrected chi connectivity index (χ2v) is 4.69. The topological polar surface area (TPSA) is 59.0 Å². The normalized spacial score (nSPS) is 20.3. The van der Waals surface area contributed by atoms with Crippen molar-refractivity contribution >= 4 is 18.3 Å². The Morgan fingerprint density at radius 2 is 2.39 bits per heavy atom. The largest absolute Gasteiger partial charge is 0.348 e. The second kappa shape index (κ2) is 6.20. The molecule has 1 unspecified atom stereocenters. The predicted molar refractivity (Wildman–Crippen MR) is 72.8 cm³/mol. The van der Waals surface area contributed by atoms with Gasteiger partial charge in [-0.05, 0) is 33.2 Å². The molecule has 18 heavy (non-hydrogen) atoms. The van der Waals surface area contributed by atoms with Crippen LogP contribution in [0.25, 0.3) is 0 Å². The average Bonchev–Trinajstić information content (AvgIpc) is 2.90. The maximum Gasteiger partial charge on any atom is 0.237 e. The van der Waals surface area contributed by atoms with Gasteiger partial charge in [-0.2, -0.15) is 5.10 Å². The number of carbonyl (C=O) groups excluding carboxylic acids is 1. The molecular formula is C12H21ClN4O. The molecule has 102 valence electrons. The number of amides is 1. The second-order valence-electron chi connectivity index (χ2n) is 4.69. The summed E-state index contributed by atoms with van der Waals surface area (Å²) in [5, 5.41) is 10.4. The molecule has 2 atom stereocenters. The van der Waals surface area contributed by atoms with Crippen LogP contribution in [-0.2, 0) is 11.8 Å². The quantitative estimate of drug-likeness (QED) is 0.866. The number of rotatable bonds is 3. The van der Waals surface area contributed by atoms with E-state index < -0.39 is 0 Å². The standard InChI is InChI=1S/C12H20N4O.ClH/c1-8(10-7-14-16(3)9(10)2)15-12(17)11-5-4-6-13-11;/h7-8,11,13H,4-6H2,1-3H3,(H,15,17);1H/t8?,11-;/m0./s1. The van der Waals surface area contributed by atoms with Crippen LogP contribution in [0.1, 0.15) is 37.1 Å². The van der Waals surface area contributed by atoms with Gasteiger partial charge in [0.15, 0.2) is 0 Å². The fraction of sp³-hybridized carbons (Fsp3) is 0.667. The fourth-order valence-electron chi connectivity index (χ4n) is 2.24. The minimum atomic E-state index is -0.0190. The molecule has 2 heterocycles. The first-order valence-corrected chi connectivity index (χ1v) is 6.12. The van der Waals surface area contributed by atoms with E-state index in [4.69, 9.17) is 0 Å². The highest BCUT2D eigenvalue weighted by Crippen LogP contribution is 2.16. The molecule has 1 aromatic rings. The lowest BCUT2D eigenvalue weighted by Crippen LogP contribution is -2.41. The zero-order chi connectivity index (χ0) is 12.4. The Hall–Kier alpha value is -1.07. The molecule has 1 saturated heterocycles. The van der Waals surface area contributed by atoms with Crippen molar-refractivity contribution in [3.8, 4) is 0 Å². The van der Waals surface area contributed by atoms with Crippen LogP contribution in [0.3, 0.4) is 0 Å². The maximum atomic E-state index is 11.9. The van der Waals surface area contributed by atoms with Gasteiger partial charge in [0.1, 0.15) is 0 Å². The van der Waals surface area contributed by atoms with Crippen molar-refractivity contribution in [3.63, 3.8) is 0 Å². The summed E-state index contributed by atoms with van der Waals surface area (Å²) in [5.74, 6) is 0.0956. The van der Waals surface area contributed by atoms with E-state index in [0.717, 1.165) is 30.6 Å². The van der Waals surface area contributed by atoms with Crippen molar-refractivity contribution in [1.29, 1.82) is 0 Å². The number of aromatic nitrogens is 2. The zero-order valence-corrected chi connectivity index (χ0v) is 11.9. The third-order valence-electron chi connectivity index (χ3n) is 3.48. The Bertz CT molecular complexity index is 412. The average molecular weight is 273 g/mol. The van der Waals surface area contributed by atoms with Crippen molar-refractivity contribution in [2.24, 2.45) is 7.05 Å². The fourth-order valence-corrected chi connectivity index (χ4v) is 2.24. The van der Waals surface area contributed by atoms with Crippen LogP contribution >= 0.6 is 12.4 Å². The van der Waals surface area contributed by atoms with Crippen LogP contribution in [0, 0.1) is 6.92 Å². The van der Waals surface area contributed by atoms with Gasteiger partial charge < -0.3 is 10.6 Å². The summed E-state index contributed by atoms with van der Waals surface area (Å²) < 4.78 is 1.83. The number of aryl methyl sites for hydroxylation is 1. The van der Waals surface area contributed by atoms with E-state index in [9.17, 15) is 4.79 Å². The molecule has 0 aliphatic carbocycles. The summed E-state index contributed by atoms with van der Waals surface area (Å²) in [5.41, 5.74) is 2.18. The summed E-state index contributed by atoms with van der Waals surface area (Å²) >= 11 is 0. The smallest absolute Gasteiger partial charge is 0.237 e. The predicted octanol–water partition coefficient (Wildman–Crippen LogP) is 1.08. The van der Waals surface area contributed by atoms with E-state index >= 15 is 0 Å². The molecule has 0 aromatic carbocycles. The van der Waals surface area contributed by atoms with Crippen molar-refractivity contribution < 1.29 is 4.79 Å². The number of nitrogens with zero attached hydrogens (tertiary/aromatic N) is 2. The van der Waals surface area contributed by atoms with Crippen LogP contribution < -0.4 is 10.6 Å². The van der Waals surface area contributed by atoms with Gasteiger partial charge in [0.25, 0.3) is 0 Å². The molecule has 1 aliphatic rings. The highest BCUT2D eigenvalue weighted by molar-refractivity contribution is 5.85. The summed E-state index contributed by atoms with van der Waals surface area (Å²) in [6.45, 7) is 4.95. The van der Waals surface area contributed by atoms with Gasteiger partial charge in [0.2, 0.25) is 5.91 Å². The maximum absolute atomic E-state index is 11.9. The lowest BCUT2D eigenvalue weighted by molar-refractivity contribution is -0.123. The van der Waals surface area contributed by atoms with Crippen molar-refractivity contribution in [2.45, 2.75) is 38.8 Å². The lowest BCUT2D eigenvalue weighted by atomic mass is 10.1. The van der Waals surface area contributed by atoms with E-state index in [1.807, 2.05) is 31.8 Å². The molecule has 5 nitrogen and oxygen atoms in total. The van der Waals surface area contributed by atoms with Crippen LogP contribution in [0.2, 0.25) is 0 Å². The van der Waals surface area contributed by atoms with Crippen molar-refractivity contribution in [3.05, 3.63) is 17.5 Å². The number of hydrogen-bond acceptors (Lipinski definition) is 3. The number of carbonyl (C=O) groups is 1. The van der Waals surface area contributed by atoms with E-state index in [-0.39, 0.29) is 30.4 Å². The van der Waals surface area contributed by atoms with E-state index in [0.29, 0.717) is 0 Å². The molecule has 6 heteroatoms. The number of hydrogen-bond donors (Lipinski definition) is 2.